The van der Waals surface area contributed by atoms with Crippen molar-refractivity contribution in [2.24, 2.45) is 0 Å². The fraction of sp³-hybridized carbons (Fsp3) is 0.217. The highest BCUT2D eigenvalue weighted by molar-refractivity contribution is 5.98. The van der Waals surface area contributed by atoms with Crippen LogP contribution in [-0.2, 0) is 4.74 Å². The number of hydrogen-bond acceptors (Lipinski definition) is 8. The first-order valence-electron chi connectivity index (χ1n) is 9.32. The van der Waals surface area contributed by atoms with Crippen LogP contribution in [0.1, 0.15) is 11.1 Å². The molecule has 0 atom stereocenters. The Hall–Kier alpha value is -3.85. The second kappa shape index (κ2) is 9.97. The highest BCUT2D eigenvalue weighted by Crippen LogP contribution is 2.44. The molecule has 8 nitrogen and oxygen atoms in total. The van der Waals surface area contributed by atoms with E-state index in [0.717, 1.165) is 0 Å². The second-order valence-electron chi connectivity index (χ2n) is 6.47. The van der Waals surface area contributed by atoms with Crippen LogP contribution in [0.25, 0.3) is 10.9 Å². The van der Waals surface area contributed by atoms with E-state index in [9.17, 15) is 5.26 Å². The van der Waals surface area contributed by atoms with Gasteiger partial charge in [0.25, 0.3) is 0 Å². The number of fused-ring (bicyclic) bond motifs is 2. The Morgan fingerprint density at radius 2 is 1.81 bits per heavy atom. The third-order valence-electron chi connectivity index (χ3n) is 4.71. The van der Waals surface area contributed by atoms with Crippen molar-refractivity contribution >= 4 is 34.7 Å². The number of nitriles is 1. The lowest BCUT2D eigenvalue weighted by atomic mass is 10.1. The largest absolute Gasteiger partial charge is 0.493 e. The molecule has 0 fully saturated rings. The lowest BCUT2D eigenvalue weighted by Crippen LogP contribution is -2.00. The molecule has 0 radical (unpaired) electrons. The van der Waals surface area contributed by atoms with E-state index in [4.69, 9.17) is 23.7 Å². The number of rotatable bonds is 5. The molecule has 1 aliphatic heterocycles. The maximum Gasteiger partial charge on any atom is 0.231 e. The van der Waals surface area contributed by atoms with Crippen LogP contribution >= 0.6 is 12.4 Å². The summed E-state index contributed by atoms with van der Waals surface area (Å²) in [5, 5.41) is 13.7. The number of hydrogen-bond donors (Lipinski definition) is 1. The molecule has 1 N–H and O–H groups in total. The van der Waals surface area contributed by atoms with Gasteiger partial charge in [-0.2, -0.15) is 5.26 Å². The minimum absolute atomic E-state index is 0. The molecule has 0 spiro atoms. The maximum absolute atomic E-state index is 9.67. The molecule has 0 saturated carbocycles. The van der Waals surface area contributed by atoms with Crippen molar-refractivity contribution in [3.8, 4) is 40.9 Å². The summed E-state index contributed by atoms with van der Waals surface area (Å²) in [6.07, 6.45) is 1.51. The van der Waals surface area contributed by atoms with E-state index in [0.29, 0.717) is 63.0 Å². The fourth-order valence-electron chi connectivity index (χ4n) is 3.27. The quantitative estimate of drug-likeness (QED) is 0.579. The molecular weight excluding hydrogens is 434 g/mol. The average Bonchev–Trinajstić information content (AvgIpc) is 3.30. The number of methoxy groups -OCH3 is 3. The smallest absolute Gasteiger partial charge is 0.231 e. The van der Waals surface area contributed by atoms with Crippen LogP contribution in [0, 0.1) is 23.2 Å². The van der Waals surface area contributed by atoms with Crippen molar-refractivity contribution in [2.45, 2.75) is 0 Å². The van der Waals surface area contributed by atoms with Crippen LogP contribution < -0.4 is 24.3 Å². The summed E-state index contributed by atoms with van der Waals surface area (Å²) in [5.41, 5.74) is 2.93. The Kier molecular flexibility index (Phi) is 7.11. The van der Waals surface area contributed by atoms with E-state index in [1.807, 2.05) is 12.1 Å². The van der Waals surface area contributed by atoms with Crippen LogP contribution in [0.2, 0.25) is 0 Å². The Labute approximate surface area is 191 Å². The van der Waals surface area contributed by atoms with Gasteiger partial charge in [-0.15, -0.1) is 12.4 Å². The summed E-state index contributed by atoms with van der Waals surface area (Å²) < 4.78 is 27.1. The molecule has 3 aromatic rings. The zero-order chi connectivity index (χ0) is 21.8. The van der Waals surface area contributed by atoms with Crippen molar-refractivity contribution in [2.75, 3.05) is 40.0 Å². The summed E-state index contributed by atoms with van der Waals surface area (Å²) in [5.74, 6) is 8.08. The third-order valence-corrected chi connectivity index (χ3v) is 4.71. The van der Waals surface area contributed by atoms with E-state index in [1.54, 1.807) is 33.5 Å². The predicted molar refractivity (Wildman–Crippen MR) is 121 cm³/mol. The third kappa shape index (κ3) is 4.15. The highest BCUT2D eigenvalue weighted by Gasteiger charge is 2.23. The van der Waals surface area contributed by atoms with Crippen LogP contribution in [0.3, 0.4) is 0 Å². The van der Waals surface area contributed by atoms with Gasteiger partial charge in [0.15, 0.2) is 23.0 Å². The molecule has 0 unspecified atom stereocenters. The number of nitrogens with one attached hydrogen (secondary N) is 1. The van der Waals surface area contributed by atoms with Gasteiger partial charge >= 0.3 is 0 Å². The first-order chi connectivity index (χ1) is 15.2. The van der Waals surface area contributed by atoms with Gasteiger partial charge in [0.1, 0.15) is 12.7 Å². The number of halogens is 1. The van der Waals surface area contributed by atoms with E-state index in [-0.39, 0.29) is 19.2 Å². The number of anilines is 2. The molecule has 0 aliphatic carbocycles. The topological polar surface area (TPSA) is 94.9 Å². The van der Waals surface area contributed by atoms with Gasteiger partial charge in [-0.05, 0) is 18.2 Å². The minimum atomic E-state index is 0. The van der Waals surface area contributed by atoms with Gasteiger partial charge in [-0.1, -0.05) is 11.8 Å². The van der Waals surface area contributed by atoms with Gasteiger partial charge in [0.05, 0.1) is 42.2 Å². The highest BCUT2D eigenvalue weighted by atomic mass is 35.5. The number of ether oxygens (including phenoxy) is 5. The van der Waals surface area contributed by atoms with E-state index in [1.165, 1.54) is 6.20 Å². The van der Waals surface area contributed by atoms with Crippen LogP contribution in [0.5, 0.6) is 23.0 Å². The molecule has 9 heteroatoms. The van der Waals surface area contributed by atoms with Gasteiger partial charge in [0, 0.05) is 24.8 Å². The van der Waals surface area contributed by atoms with Crippen molar-refractivity contribution in [3.05, 3.63) is 41.6 Å². The molecule has 1 aliphatic rings. The van der Waals surface area contributed by atoms with E-state index < -0.39 is 0 Å². The van der Waals surface area contributed by atoms with Crippen molar-refractivity contribution in [3.63, 3.8) is 0 Å². The summed E-state index contributed by atoms with van der Waals surface area (Å²) in [7, 11) is 4.70. The molecule has 164 valence electrons. The first kappa shape index (κ1) is 22.8. The monoisotopic (exact) mass is 453 g/mol. The standard InChI is InChI=1S/C23H19N3O5.ClH/c1-27-8-4-5-14-6-7-17(23-22(14)30-13-31-23)26-21-15(11-24)12-25-18-10-20(29-3)19(28-2)9-16(18)21;/h6-7,9-10,12H,8,13H2,1-3H3,(H,25,26);1H. The van der Waals surface area contributed by atoms with Gasteiger partial charge < -0.3 is 29.0 Å². The number of benzene rings is 2. The molecule has 0 saturated heterocycles. The molecule has 32 heavy (non-hydrogen) atoms. The molecule has 4 rings (SSSR count). The number of aromatic nitrogens is 1. The van der Waals surface area contributed by atoms with Gasteiger partial charge in [0.2, 0.25) is 6.79 Å². The Morgan fingerprint density at radius 3 is 2.53 bits per heavy atom. The van der Waals surface area contributed by atoms with E-state index >= 15 is 0 Å². The predicted octanol–water partition coefficient (Wildman–Crippen LogP) is 4.02. The summed E-state index contributed by atoms with van der Waals surface area (Å²) in [6, 6.07) is 9.39. The van der Waals surface area contributed by atoms with Crippen LogP contribution in [-0.4, -0.2) is 39.7 Å². The molecule has 0 amide bonds. The molecule has 2 heterocycles. The van der Waals surface area contributed by atoms with E-state index in [2.05, 4.69) is 28.2 Å². The van der Waals surface area contributed by atoms with Gasteiger partial charge in [-0.3, -0.25) is 4.98 Å². The number of nitrogens with zero attached hydrogens (tertiary/aromatic N) is 2. The van der Waals surface area contributed by atoms with Gasteiger partial charge in [-0.25, -0.2) is 0 Å². The normalized spacial score (nSPS) is 11.1. The fourth-order valence-corrected chi connectivity index (χ4v) is 3.27. The van der Waals surface area contributed by atoms with Crippen molar-refractivity contribution in [1.29, 1.82) is 5.26 Å². The average molecular weight is 454 g/mol. The SMILES string of the molecule is COCC#Cc1ccc(Nc2c(C#N)cnc3cc(OC)c(OC)cc23)c2c1OCO2.Cl. The van der Waals surface area contributed by atoms with Crippen molar-refractivity contribution < 1.29 is 23.7 Å². The zero-order valence-corrected chi connectivity index (χ0v) is 18.5. The summed E-state index contributed by atoms with van der Waals surface area (Å²) in [4.78, 5) is 4.38. The molecule has 1 aromatic heterocycles. The maximum atomic E-state index is 9.67. The lowest BCUT2D eigenvalue weighted by Gasteiger charge is -2.15. The zero-order valence-electron chi connectivity index (χ0n) is 17.6. The molecule has 0 bridgehead atoms. The second-order valence-corrected chi connectivity index (χ2v) is 6.47. The van der Waals surface area contributed by atoms with Crippen LogP contribution in [0.15, 0.2) is 30.5 Å². The lowest BCUT2D eigenvalue weighted by molar-refractivity contribution is 0.174. The molecule has 2 aromatic carbocycles. The number of pyridine rings is 1. The first-order valence-corrected chi connectivity index (χ1v) is 9.32. The minimum Gasteiger partial charge on any atom is -0.493 e. The Bertz CT molecular complexity index is 1260. The Balaban J connectivity index is 0.00000289. The summed E-state index contributed by atoms with van der Waals surface area (Å²) >= 11 is 0. The molecular formula is C23H20ClN3O5. The summed E-state index contributed by atoms with van der Waals surface area (Å²) in [6.45, 7) is 0.398. The van der Waals surface area contributed by atoms with Crippen molar-refractivity contribution in [1.82, 2.24) is 4.98 Å². The Morgan fingerprint density at radius 1 is 1.06 bits per heavy atom. The van der Waals surface area contributed by atoms with Crippen LogP contribution in [0.4, 0.5) is 11.4 Å².